The average Bonchev–Trinajstić information content (AvgIpc) is 3.19. The Labute approximate surface area is 178 Å². The predicted molar refractivity (Wildman–Crippen MR) is 117 cm³/mol. The van der Waals surface area contributed by atoms with Crippen molar-refractivity contribution in [1.82, 2.24) is 19.7 Å². The van der Waals surface area contributed by atoms with Gasteiger partial charge in [-0.05, 0) is 29.8 Å². The molecule has 2 heterocycles. The van der Waals surface area contributed by atoms with E-state index >= 15 is 0 Å². The van der Waals surface area contributed by atoms with Crippen LogP contribution in [0.2, 0.25) is 5.02 Å². The highest BCUT2D eigenvalue weighted by Gasteiger charge is 2.10. The fourth-order valence-electron chi connectivity index (χ4n) is 3.03. The molecule has 4 rings (SSSR count). The Kier molecular flexibility index (Phi) is 5.53. The summed E-state index contributed by atoms with van der Waals surface area (Å²) < 4.78 is 7.34. The van der Waals surface area contributed by atoms with Crippen molar-refractivity contribution in [2.45, 2.75) is 0 Å². The molecule has 150 valence electrons. The van der Waals surface area contributed by atoms with Crippen LogP contribution in [-0.2, 0) is 7.05 Å². The highest BCUT2D eigenvalue weighted by molar-refractivity contribution is 6.35. The number of hydrogen-bond donors (Lipinski definition) is 2. The van der Waals surface area contributed by atoms with Gasteiger partial charge in [-0.25, -0.2) is 9.97 Å². The SMILES string of the molecule is C#Cc1cc(Cl)c2nc(Nc3cc(OCCO)cc(-c4cnn(C)c4)c3)ncc2c1. The van der Waals surface area contributed by atoms with E-state index < -0.39 is 0 Å². The van der Waals surface area contributed by atoms with Crippen molar-refractivity contribution in [1.29, 1.82) is 0 Å². The first-order valence-electron chi connectivity index (χ1n) is 9.13. The zero-order valence-corrected chi connectivity index (χ0v) is 16.9. The molecule has 0 aliphatic heterocycles. The van der Waals surface area contributed by atoms with Gasteiger partial charge in [0.1, 0.15) is 12.4 Å². The van der Waals surface area contributed by atoms with E-state index in [0.717, 1.165) is 22.2 Å². The minimum absolute atomic E-state index is 0.0776. The maximum atomic E-state index is 9.09. The lowest BCUT2D eigenvalue weighted by Crippen LogP contribution is -2.03. The summed E-state index contributed by atoms with van der Waals surface area (Å²) in [7, 11) is 1.85. The predicted octanol–water partition coefficient (Wildman–Crippen LogP) is 3.78. The molecule has 0 spiro atoms. The summed E-state index contributed by atoms with van der Waals surface area (Å²) in [6, 6.07) is 9.16. The van der Waals surface area contributed by atoms with Gasteiger partial charge in [-0.3, -0.25) is 4.68 Å². The number of terminal acetylenes is 1. The van der Waals surface area contributed by atoms with E-state index in [1.807, 2.05) is 37.5 Å². The van der Waals surface area contributed by atoms with Crippen molar-refractivity contribution in [3.05, 3.63) is 59.5 Å². The standard InChI is InChI=1S/C22H18ClN5O2/c1-3-14-6-16-11-24-22(27-21(16)20(23)7-14)26-18-8-15(17-12-25-28(2)13-17)9-19(10-18)30-5-4-29/h1,6-13,29H,4-5H2,2H3,(H,24,26,27). The Morgan fingerprint density at radius 2 is 2.07 bits per heavy atom. The van der Waals surface area contributed by atoms with Gasteiger partial charge in [-0.1, -0.05) is 17.5 Å². The molecule has 2 N–H and O–H groups in total. The van der Waals surface area contributed by atoms with Gasteiger partial charge in [0.15, 0.2) is 0 Å². The number of hydrogen-bond acceptors (Lipinski definition) is 6. The van der Waals surface area contributed by atoms with E-state index in [0.29, 0.717) is 27.8 Å². The minimum atomic E-state index is -0.0776. The van der Waals surface area contributed by atoms with E-state index in [4.69, 9.17) is 27.9 Å². The van der Waals surface area contributed by atoms with Crippen LogP contribution in [0.4, 0.5) is 11.6 Å². The first-order chi connectivity index (χ1) is 14.6. The molecule has 0 fully saturated rings. The number of nitrogens with one attached hydrogen (secondary N) is 1. The molecule has 0 amide bonds. The van der Waals surface area contributed by atoms with Crippen LogP contribution in [0.5, 0.6) is 5.75 Å². The Morgan fingerprint density at radius 1 is 1.20 bits per heavy atom. The lowest BCUT2D eigenvalue weighted by molar-refractivity contribution is 0.201. The molecule has 0 bridgehead atoms. The number of aliphatic hydroxyl groups is 1. The number of ether oxygens (including phenoxy) is 1. The second-order valence-electron chi connectivity index (χ2n) is 6.58. The number of benzene rings is 2. The van der Waals surface area contributed by atoms with E-state index in [-0.39, 0.29) is 13.2 Å². The monoisotopic (exact) mass is 419 g/mol. The Morgan fingerprint density at radius 3 is 2.80 bits per heavy atom. The van der Waals surface area contributed by atoms with Crippen molar-refractivity contribution in [3.8, 4) is 29.2 Å². The third kappa shape index (κ3) is 4.20. The fraction of sp³-hybridized carbons (Fsp3) is 0.136. The Balaban J connectivity index is 1.71. The molecule has 30 heavy (non-hydrogen) atoms. The second kappa shape index (κ2) is 8.41. The van der Waals surface area contributed by atoms with E-state index in [1.165, 1.54) is 0 Å². The van der Waals surface area contributed by atoms with Gasteiger partial charge in [0.25, 0.3) is 0 Å². The molecular formula is C22H18ClN5O2. The van der Waals surface area contributed by atoms with Crippen molar-refractivity contribution in [2.75, 3.05) is 18.5 Å². The summed E-state index contributed by atoms with van der Waals surface area (Å²) in [5.74, 6) is 3.55. The minimum Gasteiger partial charge on any atom is -0.491 e. The number of aromatic nitrogens is 4. The van der Waals surface area contributed by atoms with Crippen LogP contribution in [0.15, 0.2) is 48.9 Å². The van der Waals surface area contributed by atoms with E-state index in [2.05, 4.69) is 26.3 Å². The second-order valence-corrected chi connectivity index (χ2v) is 6.99. The quantitative estimate of drug-likeness (QED) is 0.463. The summed E-state index contributed by atoms with van der Waals surface area (Å²) in [5, 5.41) is 17.7. The summed E-state index contributed by atoms with van der Waals surface area (Å²) in [6.45, 7) is 0.112. The van der Waals surface area contributed by atoms with Crippen LogP contribution < -0.4 is 10.1 Å². The summed E-state index contributed by atoms with van der Waals surface area (Å²) in [5.41, 5.74) is 3.83. The summed E-state index contributed by atoms with van der Waals surface area (Å²) in [4.78, 5) is 8.89. The maximum absolute atomic E-state index is 9.09. The molecule has 2 aromatic heterocycles. The van der Waals surface area contributed by atoms with Gasteiger partial charge in [-0.15, -0.1) is 6.42 Å². The first kappa shape index (κ1) is 19.7. The third-order valence-corrected chi connectivity index (χ3v) is 4.65. The average molecular weight is 420 g/mol. The largest absolute Gasteiger partial charge is 0.491 e. The fourth-order valence-corrected chi connectivity index (χ4v) is 3.30. The van der Waals surface area contributed by atoms with Crippen molar-refractivity contribution >= 4 is 34.1 Å². The maximum Gasteiger partial charge on any atom is 0.227 e. The lowest BCUT2D eigenvalue weighted by Gasteiger charge is -2.12. The number of aryl methyl sites for hydroxylation is 1. The smallest absolute Gasteiger partial charge is 0.227 e. The van der Waals surface area contributed by atoms with Gasteiger partial charge in [-0.2, -0.15) is 5.10 Å². The molecule has 8 heteroatoms. The van der Waals surface area contributed by atoms with Crippen LogP contribution >= 0.6 is 11.6 Å². The number of fused-ring (bicyclic) bond motifs is 1. The number of halogens is 1. The molecule has 0 saturated carbocycles. The van der Waals surface area contributed by atoms with Gasteiger partial charge in [0.05, 0.1) is 23.3 Å². The highest BCUT2D eigenvalue weighted by atomic mass is 35.5. The van der Waals surface area contributed by atoms with Gasteiger partial charge >= 0.3 is 0 Å². The topological polar surface area (TPSA) is 85.1 Å². The third-order valence-electron chi connectivity index (χ3n) is 4.36. The highest BCUT2D eigenvalue weighted by Crippen LogP contribution is 2.30. The van der Waals surface area contributed by atoms with Gasteiger partial charge in [0.2, 0.25) is 5.95 Å². The lowest BCUT2D eigenvalue weighted by atomic mass is 10.1. The normalized spacial score (nSPS) is 10.7. The number of nitrogens with zero attached hydrogens (tertiary/aromatic N) is 4. The zero-order valence-electron chi connectivity index (χ0n) is 16.1. The molecule has 7 nitrogen and oxygen atoms in total. The van der Waals surface area contributed by atoms with Crippen LogP contribution in [0.1, 0.15) is 5.56 Å². The van der Waals surface area contributed by atoms with Crippen molar-refractivity contribution in [3.63, 3.8) is 0 Å². The molecule has 0 unspecified atom stereocenters. The first-order valence-corrected chi connectivity index (χ1v) is 9.51. The Bertz CT molecular complexity index is 1260. The van der Waals surface area contributed by atoms with E-state index in [9.17, 15) is 0 Å². The van der Waals surface area contributed by atoms with Crippen molar-refractivity contribution in [2.24, 2.45) is 7.05 Å². The van der Waals surface area contributed by atoms with Crippen LogP contribution in [0.3, 0.4) is 0 Å². The van der Waals surface area contributed by atoms with E-state index in [1.54, 1.807) is 23.1 Å². The summed E-state index contributed by atoms with van der Waals surface area (Å²) >= 11 is 6.34. The van der Waals surface area contributed by atoms with Crippen molar-refractivity contribution < 1.29 is 9.84 Å². The molecule has 4 aromatic rings. The summed E-state index contributed by atoms with van der Waals surface area (Å²) in [6.07, 6.45) is 10.8. The molecular weight excluding hydrogens is 402 g/mol. The molecule has 0 atom stereocenters. The molecule has 0 aliphatic rings. The van der Waals surface area contributed by atoms with Crippen LogP contribution in [-0.4, -0.2) is 38.1 Å². The van der Waals surface area contributed by atoms with Crippen LogP contribution in [0.25, 0.3) is 22.0 Å². The Hall–Kier alpha value is -3.60. The van der Waals surface area contributed by atoms with Gasteiger partial charge < -0.3 is 15.2 Å². The molecule has 0 saturated heterocycles. The number of anilines is 2. The van der Waals surface area contributed by atoms with Gasteiger partial charge in [0, 0.05) is 47.7 Å². The molecule has 0 aliphatic carbocycles. The number of aliphatic hydroxyl groups excluding tert-OH is 1. The zero-order chi connectivity index (χ0) is 21.1. The van der Waals surface area contributed by atoms with Crippen LogP contribution in [0, 0.1) is 12.3 Å². The molecule has 2 aromatic carbocycles. The number of rotatable bonds is 6. The molecule has 0 radical (unpaired) electrons.